The van der Waals surface area contributed by atoms with Crippen LogP contribution in [0.2, 0.25) is 0 Å². The van der Waals surface area contributed by atoms with Gasteiger partial charge in [-0.15, -0.1) is 11.3 Å². The highest BCUT2D eigenvalue weighted by Gasteiger charge is 2.42. The molecule has 0 saturated heterocycles. The number of carbonyl (C=O) groups is 1. The highest BCUT2D eigenvalue weighted by molar-refractivity contribution is 7.25. The summed E-state index contributed by atoms with van der Waals surface area (Å²) in [6, 6.07) is 21.3. The van der Waals surface area contributed by atoms with Gasteiger partial charge in [0, 0.05) is 36.9 Å². The van der Waals surface area contributed by atoms with E-state index in [2.05, 4.69) is 17.4 Å². The van der Waals surface area contributed by atoms with Gasteiger partial charge in [0.1, 0.15) is 0 Å². The van der Waals surface area contributed by atoms with Gasteiger partial charge in [-0.1, -0.05) is 42.5 Å². The SMILES string of the molecule is O=C1NC(O)(c2ccc3sc4ccccc4c3c2)c2ccccc21. The molecule has 3 nitrogen and oxygen atoms in total. The molecule has 0 saturated carbocycles. The van der Waals surface area contributed by atoms with Crippen molar-refractivity contribution in [1.82, 2.24) is 5.32 Å². The third-order valence-electron chi connectivity index (χ3n) is 4.65. The maximum Gasteiger partial charge on any atom is 0.254 e. The van der Waals surface area contributed by atoms with Crippen molar-refractivity contribution in [1.29, 1.82) is 0 Å². The summed E-state index contributed by atoms with van der Waals surface area (Å²) in [7, 11) is 0. The molecule has 1 unspecified atom stereocenters. The van der Waals surface area contributed by atoms with Crippen LogP contribution in [-0.4, -0.2) is 11.0 Å². The van der Waals surface area contributed by atoms with E-state index in [0.29, 0.717) is 16.7 Å². The molecule has 0 radical (unpaired) electrons. The molecule has 1 atom stereocenters. The normalized spacial score (nSPS) is 19.6. The Kier molecular flexibility index (Phi) is 2.66. The van der Waals surface area contributed by atoms with E-state index in [4.69, 9.17) is 0 Å². The van der Waals surface area contributed by atoms with Crippen LogP contribution in [0.15, 0.2) is 66.7 Å². The van der Waals surface area contributed by atoms with Crippen molar-refractivity contribution in [2.24, 2.45) is 0 Å². The smallest absolute Gasteiger partial charge is 0.254 e. The first-order valence-electron chi connectivity index (χ1n) is 7.73. The maximum absolute atomic E-state index is 12.2. The van der Waals surface area contributed by atoms with Gasteiger partial charge < -0.3 is 10.4 Å². The minimum absolute atomic E-state index is 0.247. The number of aliphatic hydroxyl groups is 1. The molecular formula is C20H13NO2S. The number of benzene rings is 3. The van der Waals surface area contributed by atoms with Gasteiger partial charge in [0.15, 0.2) is 5.72 Å². The van der Waals surface area contributed by atoms with Crippen LogP contribution in [-0.2, 0) is 5.72 Å². The van der Waals surface area contributed by atoms with E-state index in [-0.39, 0.29) is 5.91 Å². The van der Waals surface area contributed by atoms with Crippen LogP contribution in [0.5, 0.6) is 0 Å². The van der Waals surface area contributed by atoms with Crippen molar-refractivity contribution in [2.45, 2.75) is 5.72 Å². The average molecular weight is 331 g/mol. The number of carbonyl (C=O) groups excluding carboxylic acids is 1. The Bertz CT molecular complexity index is 1130. The van der Waals surface area contributed by atoms with Crippen molar-refractivity contribution < 1.29 is 9.90 Å². The van der Waals surface area contributed by atoms with E-state index in [9.17, 15) is 9.90 Å². The molecule has 1 aliphatic rings. The second-order valence-corrected chi connectivity index (χ2v) is 7.10. The Balaban J connectivity index is 1.78. The molecule has 116 valence electrons. The van der Waals surface area contributed by atoms with Gasteiger partial charge in [-0.05, 0) is 24.3 Å². The molecule has 24 heavy (non-hydrogen) atoms. The van der Waals surface area contributed by atoms with Crippen molar-refractivity contribution >= 4 is 37.4 Å². The Labute approximate surface area is 142 Å². The zero-order valence-corrected chi connectivity index (χ0v) is 13.4. The van der Waals surface area contributed by atoms with Gasteiger partial charge >= 0.3 is 0 Å². The Hall–Kier alpha value is -2.69. The quantitative estimate of drug-likeness (QED) is 0.554. The van der Waals surface area contributed by atoms with E-state index in [1.807, 2.05) is 36.4 Å². The summed E-state index contributed by atoms with van der Waals surface area (Å²) < 4.78 is 2.38. The molecule has 1 amide bonds. The summed E-state index contributed by atoms with van der Waals surface area (Å²) in [5, 5.41) is 16.2. The lowest BCUT2D eigenvalue weighted by atomic mass is 9.93. The molecule has 5 rings (SSSR count). The molecule has 3 aromatic carbocycles. The molecule has 0 spiro atoms. The monoisotopic (exact) mass is 331 g/mol. The number of rotatable bonds is 1. The summed E-state index contributed by atoms with van der Waals surface area (Å²) in [6.45, 7) is 0. The fourth-order valence-electron chi connectivity index (χ4n) is 3.47. The summed E-state index contributed by atoms with van der Waals surface area (Å²) in [4.78, 5) is 12.2. The minimum atomic E-state index is -1.48. The molecule has 0 aliphatic carbocycles. The average Bonchev–Trinajstić information content (AvgIpc) is 3.11. The number of hydrogen-bond donors (Lipinski definition) is 2. The highest BCUT2D eigenvalue weighted by Crippen LogP contribution is 2.39. The molecular weight excluding hydrogens is 318 g/mol. The van der Waals surface area contributed by atoms with Crippen LogP contribution >= 0.6 is 11.3 Å². The summed E-state index contributed by atoms with van der Waals surface area (Å²) in [5.74, 6) is -0.247. The van der Waals surface area contributed by atoms with Crippen molar-refractivity contribution in [3.05, 3.63) is 83.4 Å². The Morgan fingerprint density at radius 2 is 1.62 bits per heavy atom. The maximum atomic E-state index is 12.2. The molecule has 1 aliphatic heterocycles. The zero-order valence-electron chi connectivity index (χ0n) is 12.6. The van der Waals surface area contributed by atoms with Crippen LogP contribution in [0.1, 0.15) is 21.5 Å². The lowest BCUT2D eigenvalue weighted by molar-refractivity contribution is 0.0477. The van der Waals surface area contributed by atoms with E-state index < -0.39 is 5.72 Å². The Morgan fingerprint density at radius 1 is 0.875 bits per heavy atom. The fraction of sp³-hybridized carbons (Fsp3) is 0.0500. The fourth-order valence-corrected chi connectivity index (χ4v) is 4.56. The first kappa shape index (κ1) is 13.7. The summed E-state index contributed by atoms with van der Waals surface area (Å²) >= 11 is 1.73. The zero-order chi connectivity index (χ0) is 16.3. The van der Waals surface area contributed by atoms with Crippen LogP contribution in [0.25, 0.3) is 20.2 Å². The van der Waals surface area contributed by atoms with Crippen LogP contribution < -0.4 is 5.32 Å². The predicted octanol–water partition coefficient (Wildman–Crippen LogP) is 3.99. The Morgan fingerprint density at radius 3 is 2.54 bits per heavy atom. The molecule has 4 aromatic rings. The molecule has 0 fully saturated rings. The van der Waals surface area contributed by atoms with E-state index in [1.165, 1.54) is 14.8 Å². The summed E-state index contributed by atoms with van der Waals surface area (Å²) in [5.41, 5.74) is 0.325. The second kappa shape index (κ2) is 4.66. The van der Waals surface area contributed by atoms with Crippen molar-refractivity contribution in [3.8, 4) is 0 Å². The molecule has 2 heterocycles. The lowest BCUT2D eigenvalue weighted by Crippen LogP contribution is -2.40. The van der Waals surface area contributed by atoms with Gasteiger partial charge in [0.05, 0.1) is 0 Å². The molecule has 1 aromatic heterocycles. The third-order valence-corrected chi connectivity index (χ3v) is 5.80. The number of thiophene rings is 1. The van der Waals surface area contributed by atoms with Gasteiger partial charge in [-0.2, -0.15) is 0 Å². The van der Waals surface area contributed by atoms with Crippen molar-refractivity contribution in [3.63, 3.8) is 0 Å². The van der Waals surface area contributed by atoms with E-state index in [1.54, 1.807) is 29.5 Å². The van der Waals surface area contributed by atoms with Crippen molar-refractivity contribution in [2.75, 3.05) is 0 Å². The summed E-state index contributed by atoms with van der Waals surface area (Å²) in [6.07, 6.45) is 0. The molecule has 2 N–H and O–H groups in total. The largest absolute Gasteiger partial charge is 0.363 e. The first-order valence-corrected chi connectivity index (χ1v) is 8.55. The number of fused-ring (bicyclic) bond motifs is 4. The topological polar surface area (TPSA) is 49.3 Å². The number of nitrogens with one attached hydrogen (secondary N) is 1. The number of hydrogen-bond acceptors (Lipinski definition) is 3. The minimum Gasteiger partial charge on any atom is -0.363 e. The predicted molar refractivity (Wildman–Crippen MR) is 96.2 cm³/mol. The first-order chi connectivity index (χ1) is 11.7. The molecule has 0 bridgehead atoms. The highest BCUT2D eigenvalue weighted by atomic mass is 32.1. The molecule has 4 heteroatoms. The van der Waals surface area contributed by atoms with Gasteiger partial charge in [0.25, 0.3) is 5.91 Å². The van der Waals surface area contributed by atoms with Gasteiger partial charge in [0.2, 0.25) is 0 Å². The third kappa shape index (κ3) is 1.72. The lowest BCUT2D eigenvalue weighted by Gasteiger charge is -2.24. The van der Waals surface area contributed by atoms with E-state index in [0.717, 1.165) is 5.39 Å². The second-order valence-electron chi connectivity index (χ2n) is 6.02. The van der Waals surface area contributed by atoms with E-state index >= 15 is 0 Å². The van der Waals surface area contributed by atoms with Crippen LogP contribution in [0, 0.1) is 0 Å². The number of amides is 1. The standard InChI is InChI=1S/C20H13NO2S/c22-19-14-6-1-3-7-16(14)20(23,21-19)12-9-10-18-15(11-12)13-5-2-4-8-17(13)24-18/h1-11,23H,(H,21,22). The van der Waals surface area contributed by atoms with Gasteiger partial charge in [-0.3, -0.25) is 4.79 Å². The van der Waals surface area contributed by atoms with Crippen LogP contribution in [0.4, 0.5) is 0 Å². The van der Waals surface area contributed by atoms with Crippen LogP contribution in [0.3, 0.4) is 0 Å². The van der Waals surface area contributed by atoms with Gasteiger partial charge in [-0.25, -0.2) is 0 Å².